The maximum absolute atomic E-state index is 11.1. The van der Waals surface area contributed by atoms with Gasteiger partial charge in [0.05, 0.1) is 11.7 Å². The van der Waals surface area contributed by atoms with Gasteiger partial charge in [-0.05, 0) is 81.0 Å². The maximum atomic E-state index is 11.1. The van der Waals surface area contributed by atoms with Crippen molar-refractivity contribution < 1.29 is 14.6 Å². The van der Waals surface area contributed by atoms with Crippen LogP contribution in [0.5, 0.6) is 5.75 Å². The average molecular weight is 643 g/mol. The molecule has 0 amide bonds. The van der Waals surface area contributed by atoms with Crippen molar-refractivity contribution in [2.75, 3.05) is 26.8 Å². The van der Waals surface area contributed by atoms with Crippen LogP contribution in [0.3, 0.4) is 0 Å². The number of para-hydroxylation sites is 1. The molecule has 9 nitrogen and oxygen atoms in total. The van der Waals surface area contributed by atoms with Crippen LogP contribution in [0.15, 0.2) is 94.5 Å². The normalized spacial score (nSPS) is 19.8. The number of hydrogen-bond acceptors (Lipinski definition) is 9. The zero-order chi connectivity index (χ0) is 34.6. The number of nitrogens with zero attached hydrogens (tertiary/aromatic N) is 3. The quantitative estimate of drug-likeness (QED) is 0.102. The monoisotopic (exact) mass is 642 g/mol. The molecule has 1 aliphatic carbocycles. The van der Waals surface area contributed by atoms with E-state index in [1.165, 1.54) is 5.56 Å². The van der Waals surface area contributed by atoms with Crippen LogP contribution < -0.4 is 17.2 Å². The van der Waals surface area contributed by atoms with E-state index >= 15 is 0 Å². The minimum Gasteiger partial charge on any atom is -0.507 e. The van der Waals surface area contributed by atoms with E-state index in [-0.39, 0.29) is 23.5 Å². The summed E-state index contributed by atoms with van der Waals surface area (Å²) in [5.74, 6) is 0.928. The molecule has 1 heterocycles. The molecule has 0 spiro atoms. The van der Waals surface area contributed by atoms with Crippen LogP contribution >= 0.6 is 0 Å². The zero-order valence-corrected chi connectivity index (χ0v) is 28.5. The molecule has 0 saturated heterocycles. The fourth-order valence-electron chi connectivity index (χ4n) is 5.47. The average Bonchev–Trinajstić information content (AvgIpc) is 3.35. The van der Waals surface area contributed by atoms with Crippen molar-refractivity contribution in [2.24, 2.45) is 33.1 Å². The Kier molecular flexibility index (Phi) is 17.4. The Balaban J connectivity index is 0.00000119. The number of allylic oxidation sites excluding steroid dienone is 2. The molecule has 1 saturated carbocycles. The van der Waals surface area contributed by atoms with Gasteiger partial charge in [-0.2, -0.15) is 0 Å². The van der Waals surface area contributed by atoms with E-state index in [0.29, 0.717) is 36.0 Å². The third-order valence-corrected chi connectivity index (χ3v) is 8.10. The van der Waals surface area contributed by atoms with Gasteiger partial charge in [-0.1, -0.05) is 62.4 Å². The van der Waals surface area contributed by atoms with Gasteiger partial charge in [0.1, 0.15) is 17.9 Å². The zero-order valence-electron chi connectivity index (χ0n) is 28.5. The Morgan fingerprint density at radius 3 is 2.28 bits per heavy atom. The molecule has 4 rings (SSSR count). The van der Waals surface area contributed by atoms with Crippen molar-refractivity contribution >= 4 is 30.5 Å². The first-order chi connectivity index (χ1) is 22.8. The van der Waals surface area contributed by atoms with E-state index in [9.17, 15) is 9.90 Å². The molecular formula is C38H54N6O3. The highest BCUT2D eigenvalue weighted by molar-refractivity contribution is 6.09. The highest BCUT2D eigenvalue weighted by Gasteiger charge is 2.22. The number of phenolic OH excluding ortho intramolecular Hbond substituents is 1. The van der Waals surface area contributed by atoms with Gasteiger partial charge in [0.25, 0.3) is 0 Å². The maximum Gasteiger partial charge on any atom is 0.124 e. The summed E-state index contributed by atoms with van der Waals surface area (Å²) in [5, 5.41) is 10.2. The molecule has 0 bridgehead atoms. The second-order valence-corrected chi connectivity index (χ2v) is 11.2. The summed E-state index contributed by atoms with van der Waals surface area (Å²) in [5.41, 5.74) is 23.2. The number of rotatable bonds is 10. The standard InChI is InChI=1S/C33H40N6O2.C3H8O.C2H6/c1-37-19-27(26-15-13-25(14-16-26)24-11-9-23(22-40)10-12-24)20-38-28-6-4-5-17-39(21-28)31(33(35)36)18-30(34)29-7-2-3-8-32(29)41;1-3-4-2;1-2/h2-5,7-8,13-16,18-20,22-24,28,41H,1,6,9-12,17,21,34-36H2;3H2,1-2H3;1-2H3/b27-19+,30-18-,38-20?;;. The number of nitrogens with two attached hydrogens (primary N) is 3. The molecule has 2 aliphatic rings. The molecular weight excluding hydrogens is 588 g/mol. The Morgan fingerprint density at radius 1 is 1.04 bits per heavy atom. The predicted octanol–water partition coefficient (Wildman–Crippen LogP) is 6.37. The number of aromatic hydroxyl groups is 1. The highest BCUT2D eigenvalue weighted by Crippen LogP contribution is 2.35. The summed E-state index contributed by atoms with van der Waals surface area (Å²) in [6.07, 6.45) is 15.3. The summed E-state index contributed by atoms with van der Waals surface area (Å²) in [6, 6.07) is 15.4. The van der Waals surface area contributed by atoms with Crippen LogP contribution in [-0.2, 0) is 9.53 Å². The van der Waals surface area contributed by atoms with E-state index in [1.807, 2.05) is 31.9 Å². The van der Waals surface area contributed by atoms with Crippen LogP contribution in [0.25, 0.3) is 11.3 Å². The third kappa shape index (κ3) is 12.2. The molecule has 2 aromatic carbocycles. The van der Waals surface area contributed by atoms with Gasteiger partial charge in [-0.3, -0.25) is 9.98 Å². The first kappa shape index (κ1) is 38.6. The molecule has 1 fully saturated rings. The first-order valence-electron chi connectivity index (χ1n) is 16.5. The Hall–Kier alpha value is -4.63. The summed E-state index contributed by atoms with van der Waals surface area (Å²) >= 11 is 0. The van der Waals surface area contributed by atoms with Crippen molar-refractivity contribution in [2.45, 2.75) is 64.8 Å². The van der Waals surface area contributed by atoms with Gasteiger partial charge in [0.15, 0.2) is 0 Å². The largest absolute Gasteiger partial charge is 0.507 e. The van der Waals surface area contributed by atoms with Crippen molar-refractivity contribution in [3.63, 3.8) is 0 Å². The number of phenols is 1. The molecule has 0 aromatic heterocycles. The topological polar surface area (TPSA) is 153 Å². The number of methoxy groups -OCH3 is 1. The molecule has 1 atom stereocenters. The molecule has 1 aliphatic heterocycles. The van der Waals surface area contributed by atoms with Crippen LogP contribution in [0.4, 0.5) is 0 Å². The van der Waals surface area contributed by atoms with Gasteiger partial charge in [-0.25, -0.2) is 0 Å². The Labute approximate surface area is 281 Å². The fourth-order valence-corrected chi connectivity index (χ4v) is 5.47. The highest BCUT2D eigenvalue weighted by atomic mass is 16.5. The SMILES string of the molecule is C=N/C=C(\C=NC1CC=CCN(C(/C=C(\N)c2ccccc2O)=C(N)N)C1)c1ccc(C2CCC(C=O)CC2)cc1.CC.CCOC. The van der Waals surface area contributed by atoms with Gasteiger partial charge >= 0.3 is 0 Å². The Morgan fingerprint density at radius 2 is 1.70 bits per heavy atom. The lowest BCUT2D eigenvalue weighted by Gasteiger charge is -2.27. The predicted molar refractivity (Wildman–Crippen MR) is 197 cm³/mol. The lowest BCUT2D eigenvalue weighted by molar-refractivity contribution is -0.111. The third-order valence-electron chi connectivity index (χ3n) is 8.10. The van der Waals surface area contributed by atoms with Gasteiger partial charge < -0.3 is 36.7 Å². The second kappa shape index (κ2) is 21.2. The smallest absolute Gasteiger partial charge is 0.124 e. The molecule has 9 heteroatoms. The molecule has 47 heavy (non-hydrogen) atoms. The van der Waals surface area contributed by atoms with E-state index < -0.39 is 0 Å². The number of ether oxygens (including phenoxy) is 1. The lowest BCUT2D eigenvalue weighted by Crippen LogP contribution is -2.33. The van der Waals surface area contributed by atoms with E-state index in [1.54, 1.807) is 43.7 Å². The van der Waals surface area contributed by atoms with Crippen molar-refractivity contribution in [1.82, 2.24) is 4.90 Å². The number of carbonyl (C=O) groups excluding carboxylic acids is 1. The number of aldehydes is 1. The number of hydrogen-bond donors (Lipinski definition) is 4. The number of aliphatic imine (C=N–C) groups is 2. The van der Waals surface area contributed by atoms with E-state index in [4.69, 9.17) is 22.2 Å². The summed E-state index contributed by atoms with van der Waals surface area (Å²) in [4.78, 5) is 22.1. The molecule has 2 aromatic rings. The molecule has 7 N–H and O–H groups in total. The molecule has 0 radical (unpaired) electrons. The fraction of sp³-hybridized carbons (Fsp3) is 0.395. The minimum atomic E-state index is -0.0663. The summed E-state index contributed by atoms with van der Waals surface area (Å²) in [7, 11) is 1.68. The van der Waals surface area contributed by atoms with E-state index in [0.717, 1.165) is 56.1 Å². The van der Waals surface area contributed by atoms with Gasteiger partial charge in [0, 0.05) is 62.0 Å². The number of benzene rings is 2. The van der Waals surface area contributed by atoms with Crippen molar-refractivity contribution in [3.05, 3.63) is 101 Å². The van der Waals surface area contributed by atoms with Crippen LogP contribution in [0.2, 0.25) is 0 Å². The summed E-state index contributed by atoms with van der Waals surface area (Å²) in [6.45, 7) is 11.6. The molecule has 254 valence electrons. The van der Waals surface area contributed by atoms with Crippen LogP contribution in [-0.4, -0.2) is 62.1 Å². The van der Waals surface area contributed by atoms with Crippen molar-refractivity contribution in [3.8, 4) is 5.75 Å². The summed E-state index contributed by atoms with van der Waals surface area (Å²) < 4.78 is 4.54. The Bertz CT molecular complexity index is 1400. The second-order valence-electron chi connectivity index (χ2n) is 11.2. The molecule has 1 unspecified atom stereocenters. The van der Waals surface area contributed by atoms with Gasteiger partial charge in [0.2, 0.25) is 0 Å². The van der Waals surface area contributed by atoms with Crippen LogP contribution in [0.1, 0.15) is 75.5 Å². The first-order valence-corrected chi connectivity index (χ1v) is 16.5. The van der Waals surface area contributed by atoms with Gasteiger partial charge in [-0.15, -0.1) is 0 Å². The number of carbonyl (C=O) groups is 1. The lowest BCUT2D eigenvalue weighted by atomic mass is 9.79. The van der Waals surface area contributed by atoms with Crippen LogP contribution in [0, 0.1) is 5.92 Å². The van der Waals surface area contributed by atoms with Crippen molar-refractivity contribution in [1.29, 1.82) is 0 Å². The van der Waals surface area contributed by atoms with E-state index in [2.05, 4.69) is 52.9 Å². The minimum absolute atomic E-state index is 0.0663.